The van der Waals surface area contributed by atoms with Gasteiger partial charge in [0.25, 0.3) is 0 Å². The van der Waals surface area contributed by atoms with Gasteiger partial charge in [0, 0.05) is 0 Å². The molecule has 0 spiro atoms. The van der Waals surface area contributed by atoms with Gasteiger partial charge in [0.15, 0.2) is 0 Å². The normalized spacial score (nSPS) is 19.4. The quantitative estimate of drug-likeness (QED) is 0.617. The van der Waals surface area contributed by atoms with Crippen LogP contribution in [0.4, 0.5) is 0 Å². The highest BCUT2D eigenvalue weighted by Gasteiger charge is 2.25. The van der Waals surface area contributed by atoms with E-state index >= 15 is 0 Å². The predicted molar refractivity (Wildman–Crippen MR) is 60.1 cm³/mol. The summed E-state index contributed by atoms with van der Waals surface area (Å²) in [6.45, 7) is 10.7. The molecule has 0 heterocycles. The first-order valence-electron chi connectivity index (χ1n) is 4.99. The van der Waals surface area contributed by atoms with Gasteiger partial charge in [-0.15, -0.1) is 13.2 Å². The molecular weight excluding hydrogens is 176 g/mol. The maximum absolute atomic E-state index is 9.84. The van der Waals surface area contributed by atoms with Gasteiger partial charge in [0.05, 0.1) is 11.2 Å². The third-order valence-corrected chi connectivity index (χ3v) is 2.37. The van der Waals surface area contributed by atoms with Crippen molar-refractivity contribution in [2.45, 2.75) is 50.7 Å². The Morgan fingerprint density at radius 3 is 1.43 bits per heavy atom. The lowest BCUT2D eigenvalue weighted by atomic mass is 9.88. The highest BCUT2D eigenvalue weighted by molar-refractivity contribution is 4.88. The molecule has 82 valence electrons. The van der Waals surface area contributed by atoms with Gasteiger partial charge in [-0.1, -0.05) is 12.2 Å². The second kappa shape index (κ2) is 5.32. The molecular formula is C12H22O2. The molecule has 14 heavy (non-hydrogen) atoms. The topological polar surface area (TPSA) is 40.5 Å². The van der Waals surface area contributed by atoms with Crippen LogP contribution in [0.1, 0.15) is 39.5 Å². The van der Waals surface area contributed by atoms with Gasteiger partial charge in [0.2, 0.25) is 0 Å². The second-order valence-corrected chi connectivity index (χ2v) is 4.48. The molecule has 2 atom stereocenters. The van der Waals surface area contributed by atoms with Crippen molar-refractivity contribution in [2.24, 2.45) is 0 Å². The molecule has 2 nitrogen and oxygen atoms in total. The Morgan fingerprint density at radius 1 is 0.929 bits per heavy atom. The van der Waals surface area contributed by atoms with Crippen molar-refractivity contribution in [3.63, 3.8) is 0 Å². The fraction of sp³-hybridized carbons (Fsp3) is 0.667. The van der Waals surface area contributed by atoms with E-state index in [1.54, 1.807) is 26.0 Å². The Labute approximate surface area is 87.0 Å². The minimum Gasteiger partial charge on any atom is -0.390 e. The van der Waals surface area contributed by atoms with Crippen LogP contribution in [-0.2, 0) is 0 Å². The highest BCUT2D eigenvalue weighted by atomic mass is 16.3. The van der Waals surface area contributed by atoms with Crippen molar-refractivity contribution in [2.75, 3.05) is 0 Å². The first kappa shape index (κ1) is 13.4. The molecule has 0 amide bonds. The lowest BCUT2D eigenvalue weighted by Gasteiger charge is -2.28. The van der Waals surface area contributed by atoms with E-state index in [0.29, 0.717) is 25.7 Å². The van der Waals surface area contributed by atoms with Crippen molar-refractivity contribution < 1.29 is 10.2 Å². The average molecular weight is 198 g/mol. The molecule has 0 aromatic carbocycles. The van der Waals surface area contributed by atoms with Crippen molar-refractivity contribution in [1.29, 1.82) is 0 Å². The largest absolute Gasteiger partial charge is 0.390 e. The number of rotatable bonds is 7. The number of aliphatic hydroxyl groups is 2. The number of hydrogen-bond donors (Lipinski definition) is 2. The Kier molecular flexibility index (Phi) is 5.09. The smallest absolute Gasteiger partial charge is 0.0655 e. The van der Waals surface area contributed by atoms with Crippen LogP contribution >= 0.6 is 0 Å². The van der Waals surface area contributed by atoms with E-state index in [1.807, 2.05) is 0 Å². The standard InChI is InChI=1S/C12H22O2/c1-5-7-11(3,13)9-10-12(4,14)8-6-2/h5-6,13-14H,1-2,7-10H2,3-4H3/t11-,12+. The summed E-state index contributed by atoms with van der Waals surface area (Å²) >= 11 is 0. The third-order valence-electron chi connectivity index (χ3n) is 2.37. The zero-order valence-electron chi connectivity index (χ0n) is 9.29. The lowest BCUT2D eigenvalue weighted by molar-refractivity contribution is 0.000530. The first-order chi connectivity index (χ1) is 6.33. The molecule has 0 rings (SSSR count). The maximum Gasteiger partial charge on any atom is 0.0655 e. The van der Waals surface area contributed by atoms with Gasteiger partial charge in [0.1, 0.15) is 0 Å². The zero-order valence-corrected chi connectivity index (χ0v) is 9.29. The summed E-state index contributed by atoms with van der Waals surface area (Å²) < 4.78 is 0. The molecule has 0 aliphatic rings. The van der Waals surface area contributed by atoms with E-state index < -0.39 is 11.2 Å². The van der Waals surface area contributed by atoms with E-state index in [-0.39, 0.29) is 0 Å². The highest BCUT2D eigenvalue weighted by Crippen LogP contribution is 2.24. The van der Waals surface area contributed by atoms with Gasteiger partial charge >= 0.3 is 0 Å². The van der Waals surface area contributed by atoms with Crippen LogP contribution in [-0.4, -0.2) is 21.4 Å². The molecule has 0 aromatic rings. The molecule has 2 N–H and O–H groups in total. The monoisotopic (exact) mass is 198 g/mol. The van der Waals surface area contributed by atoms with Crippen molar-refractivity contribution in [3.8, 4) is 0 Å². The minimum absolute atomic E-state index is 0.553. The van der Waals surface area contributed by atoms with Crippen LogP contribution in [0.3, 0.4) is 0 Å². The van der Waals surface area contributed by atoms with Crippen LogP contribution in [0, 0.1) is 0 Å². The molecule has 0 aromatic heterocycles. The molecule has 0 saturated heterocycles. The second-order valence-electron chi connectivity index (χ2n) is 4.48. The van der Waals surface area contributed by atoms with Gasteiger partial charge in [-0.3, -0.25) is 0 Å². The summed E-state index contributed by atoms with van der Waals surface area (Å²) in [6, 6.07) is 0. The van der Waals surface area contributed by atoms with Crippen molar-refractivity contribution >= 4 is 0 Å². The van der Waals surface area contributed by atoms with Gasteiger partial charge in [-0.2, -0.15) is 0 Å². The Morgan fingerprint density at radius 2 is 1.21 bits per heavy atom. The summed E-state index contributed by atoms with van der Waals surface area (Å²) in [5.41, 5.74) is -1.51. The molecule has 0 saturated carbocycles. The van der Waals surface area contributed by atoms with Crippen LogP contribution in [0.15, 0.2) is 25.3 Å². The Bertz CT molecular complexity index is 170. The molecule has 0 radical (unpaired) electrons. The Balaban J connectivity index is 4.02. The van der Waals surface area contributed by atoms with E-state index in [0.717, 1.165) is 0 Å². The SMILES string of the molecule is C=CC[C@](C)(O)CC[C@](C)(O)CC=C. The van der Waals surface area contributed by atoms with Crippen LogP contribution < -0.4 is 0 Å². The van der Waals surface area contributed by atoms with Crippen LogP contribution in [0.2, 0.25) is 0 Å². The maximum atomic E-state index is 9.84. The number of hydrogen-bond acceptors (Lipinski definition) is 2. The molecule has 0 bridgehead atoms. The third kappa shape index (κ3) is 5.95. The van der Waals surface area contributed by atoms with Gasteiger partial charge in [-0.25, -0.2) is 0 Å². The summed E-state index contributed by atoms with van der Waals surface area (Å²) in [6.07, 6.45) is 5.64. The molecule has 0 fully saturated rings. The summed E-state index contributed by atoms with van der Waals surface area (Å²) in [4.78, 5) is 0. The van der Waals surface area contributed by atoms with E-state index in [4.69, 9.17) is 0 Å². The zero-order chi connectivity index (χ0) is 11.2. The summed E-state index contributed by atoms with van der Waals surface area (Å²) in [7, 11) is 0. The molecule has 0 unspecified atom stereocenters. The minimum atomic E-state index is -0.757. The fourth-order valence-electron chi connectivity index (χ4n) is 1.36. The van der Waals surface area contributed by atoms with Gasteiger partial charge < -0.3 is 10.2 Å². The molecule has 0 aliphatic heterocycles. The van der Waals surface area contributed by atoms with Crippen molar-refractivity contribution in [1.82, 2.24) is 0 Å². The van der Waals surface area contributed by atoms with E-state index in [2.05, 4.69) is 13.2 Å². The molecule has 0 aliphatic carbocycles. The summed E-state index contributed by atoms with van der Waals surface area (Å²) in [5.74, 6) is 0. The van der Waals surface area contributed by atoms with Crippen LogP contribution in [0.25, 0.3) is 0 Å². The predicted octanol–water partition coefficient (Wildman–Crippen LogP) is 2.42. The van der Waals surface area contributed by atoms with E-state index in [9.17, 15) is 10.2 Å². The van der Waals surface area contributed by atoms with Crippen molar-refractivity contribution in [3.05, 3.63) is 25.3 Å². The Hall–Kier alpha value is -0.600. The summed E-state index contributed by atoms with van der Waals surface area (Å²) in [5, 5.41) is 19.7. The van der Waals surface area contributed by atoms with Crippen LogP contribution in [0.5, 0.6) is 0 Å². The first-order valence-corrected chi connectivity index (χ1v) is 4.99. The molecule has 2 heteroatoms. The lowest BCUT2D eigenvalue weighted by Crippen LogP contribution is -2.30. The van der Waals surface area contributed by atoms with Gasteiger partial charge in [-0.05, 0) is 39.5 Å². The average Bonchev–Trinajstić information content (AvgIpc) is 2.01. The van der Waals surface area contributed by atoms with E-state index in [1.165, 1.54) is 0 Å². The fourth-order valence-corrected chi connectivity index (χ4v) is 1.36.